The van der Waals surface area contributed by atoms with Crippen molar-refractivity contribution < 1.29 is 37.0 Å². The summed E-state index contributed by atoms with van der Waals surface area (Å²) in [6.45, 7) is 0.178. The second-order valence-electron chi connectivity index (χ2n) is 7.16. The van der Waals surface area contributed by atoms with E-state index in [1.165, 1.54) is 52.7 Å². The zero-order valence-corrected chi connectivity index (χ0v) is 19.6. The van der Waals surface area contributed by atoms with Crippen molar-refractivity contribution in [2.45, 2.75) is 23.8 Å². The summed E-state index contributed by atoms with van der Waals surface area (Å²) in [4.78, 5) is 25.0. The highest BCUT2D eigenvalue weighted by atomic mass is 32.2. The van der Waals surface area contributed by atoms with E-state index in [1.807, 2.05) is 0 Å². The summed E-state index contributed by atoms with van der Waals surface area (Å²) >= 11 is 0. The number of hydrogen-bond donors (Lipinski definition) is 1. The average Bonchev–Trinajstić information content (AvgIpc) is 3.33. The average molecular weight is 479 g/mol. The maximum Gasteiger partial charge on any atom is 0.324 e. The van der Waals surface area contributed by atoms with E-state index in [2.05, 4.69) is 5.32 Å². The number of amides is 1. The number of esters is 1. The van der Waals surface area contributed by atoms with Crippen LogP contribution < -0.4 is 19.5 Å². The fourth-order valence-corrected chi connectivity index (χ4v) is 5.52. The van der Waals surface area contributed by atoms with Gasteiger partial charge in [-0.2, -0.15) is 4.31 Å². The van der Waals surface area contributed by atoms with Crippen molar-refractivity contribution in [1.29, 1.82) is 0 Å². The maximum atomic E-state index is 13.4. The van der Waals surface area contributed by atoms with Crippen molar-refractivity contribution in [3.05, 3.63) is 42.0 Å². The Bertz CT molecular complexity index is 1120. The van der Waals surface area contributed by atoms with Gasteiger partial charge in [0.15, 0.2) is 11.5 Å². The van der Waals surface area contributed by atoms with Gasteiger partial charge in [0.2, 0.25) is 15.8 Å². The van der Waals surface area contributed by atoms with Crippen LogP contribution in [0.3, 0.4) is 0 Å². The molecule has 0 radical (unpaired) electrons. The van der Waals surface area contributed by atoms with Gasteiger partial charge in [-0.1, -0.05) is 12.1 Å². The first-order valence-corrected chi connectivity index (χ1v) is 11.5. The van der Waals surface area contributed by atoms with E-state index >= 15 is 0 Å². The molecule has 0 bridgehead atoms. The molecular weight excluding hydrogens is 452 g/mol. The third-order valence-electron chi connectivity index (χ3n) is 5.33. The number of nitrogens with one attached hydrogen (secondary N) is 1. The number of nitrogens with zero attached hydrogens (tertiary/aromatic N) is 1. The Hall–Kier alpha value is -3.31. The molecule has 3 rings (SSSR count). The van der Waals surface area contributed by atoms with Crippen LogP contribution in [0.1, 0.15) is 23.2 Å². The number of sulfonamides is 1. The fourth-order valence-electron chi connectivity index (χ4n) is 3.73. The molecule has 2 aromatic rings. The van der Waals surface area contributed by atoms with Gasteiger partial charge < -0.3 is 24.3 Å². The Kier molecular flexibility index (Phi) is 7.44. The van der Waals surface area contributed by atoms with Gasteiger partial charge in [-0.15, -0.1) is 0 Å². The number of methoxy groups -OCH3 is 4. The van der Waals surface area contributed by atoms with Gasteiger partial charge in [0.05, 0.1) is 34.1 Å². The van der Waals surface area contributed by atoms with Crippen LogP contribution in [-0.4, -0.2) is 65.6 Å². The van der Waals surface area contributed by atoms with E-state index in [0.717, 1.165) is 4.31 Å². The molecule has 1 atom stereocenters. The van der Waals surface area contributed by atoms with Crippen LogP contribution >= 0.6 is 0 Å². The van der Waals surface area contributed by atoms with Crippen LogP contribution in [0.25, 0.3) is 0 Å². The molecule has 1 heterocycles. The molecular formula is C22H26N2O8S. The number of carbonyl (C=O) groups is 2. The van der Waals surface area contributed by atoms with Crippen LogP contribution in [0.15, 0.2) is 41.3 Å². The van der Waals surface area contributed by atoms with Crippen LogP contribution in [0, 0.1) is 0 Å². The smallest absolute Gasteiger partial charge is 0.324 e. The molecule has 1 amide bonds. The molecule has 11 heteroatoms. The van der Waals surface area contributed by atoms with Crippen molar-refractivity contribution in [1.82, 2.24) is 4.31 Å². The molecule has 1 fully saturated rings. The lowest BCUT2D eigenvalue weighted by Crippen LogP contribution is -2.41. The molecule has 0 saturated carbocycles. The number of hydrogen-bond acceptors (Lipinski definition) is 8. The van der Waals surface area contributed by atoms with Crippen LogP contribution in [-0.2, 0) is 19.6 Å². The van der Waals surface area contributed by atoms with E-state index in [1.54, 1.807) is 12.1 Å². The Morgan fingerprint density at radius 2 is 1.64 bits per heavy atom. The molecule has 10 nitrogen and oxygen atoms in total. The van der Waals surface area contributed by atoms with Crippen molar-refractivity contribution in [3.63, 3.8) is 0 Å². The van der Waals surface area contributed by atoms with Crippen molar-refractivity contribution in [2.24, 2.45) is 0 Å². The van der Waals surface area contributed by atoms with Gasteiger partial charge in [-0.05, 0) is 37.1 Å². The SMILES string of the molecule is COC(=O)[C@H]1CCCN1S(=O)(=O)c1ccccc1NC(=O)c1cc(OC)c(OC)c(OC)c1. The molecule has 1 aliphatic heterocycles. The maximum absolute atomic E-state index is 13.4. The summed E-state index contributed by atoms with van der Waals surface area (Å²) in [5.74, 6) is -0.318. The van der Waals surface area contributed by atoms with Gasteiger partial charge >= 0.3 is 5.97 Å². The largest absolute Gasteiger partial charge is 0.493 e. The fraction of sp³-hybridized carbons (Fsp3) is 0.364. The van der Waals surface area contributed by atoms with Gasteiger partial charge in [0.25, 0.3) is 5.91 Å². The van der Waals surface area contributed by atoms with E-state index in [9.17, 15) is 18.0 Å². The van der Waals surface area contributed by atoms with E-state index in [4.69, 9.17) is 18.9 Å². The lowest BCUT2D eigenvalue weighted by molar-refractivity contribution is -0.144. The molecule has 0 aromatic heterocycles. The third kappa shape index (κ3) is 4.74. The van der Waals surface area contributed by atoms with Gasteiger partial charge in [-0.25, -0.2) is 8.42 Å². The minimum absolute atomic E-state index is 0.0757. The van der Waals surface area contributed by atoms with Crippen molar-refractivity contribution in [2.75, 3.05) is 40.3 Å². The third-order valence-corrected chi connectivity index (χ3v) is 7.29. The number of benzene rings is 2. The summed E-state index contributed by atoms with van der Waals surface area (Å²) in [5, 5.41) is 2.64. The summed E-state index contributed by atoms with van der Waals surface area (Å²) in [6.07, 6.45) is 0.894. The van der Waals surface area contributed by atoms with Crippen LogP contribution in [0.2, 0.25) is 0 Å². The van der Waals surface area contributed by atoms with Crippen molar-refractivity contribution in [3.8, 4) is 17.2 Å². The highest BCUT2D eigenvalue weighted by Crippen LogP contribution is 2.38. The Labute approximate surface area is 192 Å². The Morgan fingerprint density at radius 1 is 1.00 bits per heavy atom. The predicted molar refractivity (Wildman–Crippen MR) is 119 cm³/mol. The molecule has 1 N–H and O–H groups in total. The minimum Gasteiger partial charge on any atom is -0.493 e. The Morgan fingerprint density at radius 3 is 2.21 bits per heavy atom. The van der Waals surface area contributed by atoms with Crippen LogP contribution in [0.4, 0.5) is 5.69 Å². The predicted octanol–water partition coefficient (Wildman–Crippen LogP) is 2.29. The normalized spacial score (nSPS) is 16.2. The molecule has 0 aliphatic carbocycles. The molecule has 178 valence electrons. The molecule has 33 heavy (non-hydrogen) atoms. The molecule has 0 unspecified atom stereocenters. The molecule has 2 aromatic carbocycles. The summed E-state index contributed by atoms with van der Waals surface area (Å²) in [5.41, 5.74) is 0.247. The first-order valence-electron chi connectivity index (χ1n) is 10.1. The van der Waals surface area contributed by atoms with E-state index < -0.39 is 27.9 Å². The topological polar surface area (TPSA) is 120 Å². The standard InChI is InChI=1S/C22H26N2O8S/c1-29-17-12-14(13-18(30-2)20(17)31-3)21(25)23-15-8-5-6-10-19(15)33(27,28)24-11-7-9-16(24)22(26)32-4/h5-6,8,10,12-13,16H,7,9,11H2,1-4H3,(H,23,25)/t16-/m1/s1. The molecule has 0 spiro atoms. The highest BCUT2D eigenvalue weighted by molar-refractivity contribution is 7.89. The summed E-state index contributed by atoms with van der Waals surface area (Å²) in [7, 11) is 1.43. The number of ether oxygens (including phenoxy) is 4. The quantitative estimate of drug-likeness (QED) is 0.574. The first-order chi connectivity index (χ1) is 15.8. The first kappa shape index (κ1) is 24.3. The molecule has 1 aliphatic rings. The van der Waals surface area contributed by atoms with Crippen LogP contribution in [0.5, 0.6) is 17.2 Å². The number of para-hydroxylation sites is 1. The zero-order valence-electron chi connectivity index (χ0n) is 18.8. The second kappa shape index (κ2) is 10.1. The summed E-state index contributed by atoms with van der Waals surface area (Å²) < 4.78 is 48.5. The minimum atomic E-state index is -4.09. The molecule has 1 saturated heterocycles. The monoisotopic (exact) mass is 478 g/mol. The Balaban J connectivity index is 1.96. The van der Waals surface area contributed by atoms with Gasteiger partial charge in [0.1, 0.15) is 10.9 Å². The second-order valence-corrected chi connectivity index (χ2v) is 9.02. The van der Waals surface area contributed by atoms with Crippen molar-refractivity contribution >= 4 is 27.6 Å². The lowest BCUT2D eigenvalue weighted by atomic mass is 10.1. The zero-order chi connectivity index (χ0) is 24.2. The lowest BCUT2D eigenvalue weighted by Gasteiger charge is -2.23. The van der Waals surface area contributed by atoms with Gasteiger partial charge in [-0.3, -0.25) is 9.59 Å². The summed E-state index contributed by atoms with van der Waals surface area (Å²) in [6, 6.07) is 8.03. The van der Waals surface area contributed by atoms with E-state index in [0.29, 0.717) is 18.6 Å². The van der Waals surface area contributed by atoms with Gasteiger partial charge in [0, 0.05) is 12.1 Å². The number of carbonyl (C=O) groups excluding carboxylic acids is 2. The highest BCUT2D eigenvalue weighted by Gasteiger charge is 2.41. The number of rotatable bonds is 8. The number of anilines is 1. The van der Waals surface area contributed by atoms with E-state index in [-0.39, 0.29) is 34.2 Å².